The lowest BCUT2D eigenvalue weighted by atomic mass is 9.95. The molecule has 6 heteroatoms. The third kappa shape index (κ3) is 2.86. The Bertz CT molecular complexity index is 788. The summed E-state index contributed by atoms with van der Waals surface area (Å²) in [5.74, 6) is 0.791. The van der Waals surface area contributed by atoms with Gasteiger partial charge in [-0.1, -0.05) is 19.3 Å². The van der Waals surface area contributed by atoms with Gasteiger partial charge in [0.25, 0.3) is 0 Å². The van der Waals surface area contributed by atoms with Crippen LogP contribution < -0.4 is 0 Å². The van der Waals surface area contributed by atoms with Crippen LogP contribution in [0.15, 0.2) is 17.6 Å². The van der Waals surface area contributed by atoms with Crippen molar-refractivity contribution in [3.63, 3.8) is 0 Å². The molecule has 0 spiro atoms. The number of hydrogen-bond acceptors (Lipinski definition) is 5. The molecule has 3 heterocycles. The predicted octanol–water partition coefficient (Wildman–Crippen LogP) is 3.81. The highest BCUT2D eigenvalue weighted by atomic mass is 32.1. The van der Waals surface area contributed by atoms with E-state index < -0.39 is 6.10 Å². The summed E-state index contributed by atoms with van der Waals surface area (Å²) in [6, 6.07) is 2.51. The first kappa shape index (κ1) is 16.4. The summed E-state index contributed by atoms with van der Waals surface area (Å²) in [6.07, 6.45) is 7.51. The molecule has 2 N–H and O–H groups in total. The van der Waals surface area contributed by atoms with Crippen LogP contribution >= 0.6 is 11.3 Å². The van der Waals surface area contributed by atoms with Crippen LogP contribution in [0.3, 0.4) is 0 Å². The minimum absolute atomic E-state index is 0.459. The van der Waals surface area contributed by atoms with Crippen molar-refractivity contribution < 1.29 is 10.2 Å². The lowest BCUT2D eigenvalue weighted by Crippen LogP contribution is -2.16. The second kappa shape index (κ2) is 6.95. The fourth-order valence-corrected chi connectivity index (χ4v) is 4.39. The van der Waals surface area contributed by atoms with Crippen molar-refractivity contribution in [3.05, 3.63) is 23.5 Å². The molecule has 0 amide bonds. The highest BCUT2D eigenvalue weighted by molar-refractivity contribution is 7.18. The van der Waals surface area contributed by atoms with E-state index in [1.807, 2.05) is 6.20 Å². The molecule has 3 aromatic heterocycles. The van der Waals surface area contributed by atoms with Gasteiger partial charge in [-0.05, 0) is 31.2 Å². The van der Waals surface area contributed by atoms with Crippen molar-refractivity contribution in [3.8, 4) is 0 Å². The molecule has 23 heavy (non-hydrogen) atoms. The Labute approximate surface area is 139 Å². The number of aliphatic hydroxyl groups is 2. The van der Waals surface area contributed by atoms with Gasteiger partial charge in [-0.3, -0.25) is 4.98 Å². The molecule has 124 valence electrons. The van der Waals surface area contributed by atoms with Gasteiger partial charge in [0.2, 0.25) is 0 Å². The molecule has 4 rings (SSSR count). The maximum absolute atomic E-state index is 10.2. The Morgan fingerprint density at radius 3 is 2.65 bits per heavy atom. The quantitative estimate of drug-likeness (QED) is 0.748. The lowest BCUT2D eigenvalue weighted by molar-refractivity contribution is 0.178. The third-order valence-electron chi connectivity index (χ3n) is 4.46. The summed E-state index contributed by atoms with van der Waals surface area (Å²) < 4.78 is 3.50. The van der Waals surface area contributed by atoms with Crippen molar-refractivity contribution in [2.75, 3.05) is 7.11 Å². The highest BCUT2D eigenvalue weighted by Gasteiger charge is 2.25. The third-order valence-corrected chi connectivity index (χ3v) is 5.37. The molecule has 0 radical (unpaired) electrons. The summed E-state index contributed by atoms with van der Waals surface area (Å²) >= 11 is 1.72. The van der Waals surface area contributed by atoms with E-state index in [9.17, 15) is 5.11 Å². The second-order valence-corrected chi connectivity index (χ2v) is 6.85. The van der Waals surface area contributed by atoms with E-state index in [0.29, 0.717) is 6.04 Å². The Balaban J connectivity index is 0.000000753. The normalized spacial score (nSPS) is 17.2. The fourth-order valence-electron chi connectivity index (χ4n) is 3.50. The molecule has 1 atom stereocenters. The van der Waals surface area contributed by atoms with Crippen LogP contribution in [0.2, 0.25) is 0 Å². The summed E-state index contributed by atoms with van der Waals surface area (Å²) in [6.45, 7) is 1.81. The SMILES string of the molecule is CC(O)c1nc2cnc3ccsc3c2n1C1CCCCC1.CO. The summed E-state index contributed by atoms with van der Waals surface area (Å²) in [5.41, 5.74) is 3.10. The average Bonchev–Trinajstić information content (AvgIpc) is 3.21. The molecule has 1 fully saturated rings. The van der Waals surface area contributed by atoms with Crippen molar-refractivity contribution in [2.45, 2.75) is 51.2 Å². The minimum atomic E-state index is -0.547. The number of aromatic nitrogens is 3. The monoisotopic (exact) mass is 333 g/mol. The van der Waals surface area contributed by atoms with Crippen LogP contribution in [0.4, 0.5) is 0 Å². The van der Waals surface area contributed by atoms with Crippen LogP contribution in [-0.4, -0.2) is 31.9 Å². The Morgan fingerprint density at radius 2 is 1.96 bits per heavy atom. The van der Waals surface area contributed by atoms with Crippen LogP contribution in [0, 0.1) is 0 Å². The number of hydrogen-bond donors (Lipinski definition) is 2. The van der Waals surface area contributed by atoms with Crippen molar-refractivity contribution >= 4 is 32.6 Å². The average molecular weight is 333 g/mol. The van der Waals surface area contributed by atoms with Crippen LogP contribution in [0.1, 0.15) is 57.0 Å². The molecule has 0 bridgehead atoms. The number of thiophene rings is 1. The predicted molar refractivity (Wildman–Crippen MR) is 93.8 cm³/mol. The molecule has 1 aliphatic carbocycles. The van der Waals surface area contributed by atoms with E-state index in [2.05, 4.69) is 26.0 Å². The molecule has 0 saturated heterocycles. The summed E-state index contributed by atoms with van der Waals surface area (Å²) in [5, 5.41) is 19.2. The molecule has 5 nitrogen and oxygen atoms in total. The van der Waals surface area contributed by atoms with Gasteiger partial charge >= 0.3 is 0 Å². The number of fused-ring (bicyclic) bond motifs is 3. The van der Waals surface area contributed by atoms with Crippen LogP contribution in [0.25, 0.3) is 21.3 Å². The van der Waals surface area contributed by atoms with Gasteiger partial charge in [-0.2, -0.15) is 0 Å². The Kier molecular flexibility index (Phi) is 4.94. The smallest absolute Gasteiger partial charge is 0.138 e. The number of imidazole rings is 1. The van der Waals surface area contributed by atoms with E-state index in [1.54, 1.807) is 18.3 Å². The van der Waals surface area contributed by atoms with E-state index in [0.717, 1.165) is 29.5 Å². The van der Waals surface area contributed by atoms with Crippen LogP contribution in [0.5, 0.6) is 0 Å². The molecule has 1 unspecified atom stereocenters. The van der Waals surface area contributed by atoms with Gasteiger partial charge in [0.15, 0.2) is 0 Å². The molecular formula is C17H23N3O2S. The van der Waals surface area contributed by atoms with Crippen molar-refractivity contribution in [1.29, 1.82) is 0 Å². The zero-order chi connectivity index (χ0) is 16.4. The standard InChI is InChI=1S/C16H19N3OS.CH4O/c1-10(20)16-18-13-9-17-12-7-8-21-15(12)14(13)19(16)11-5-3-2-4-6-11;1-2/h7-11,20H,2-6H2,1H3;2H,1H3. The first-order valence-electron chi connectivity index (χ1n) is 8.12. The first-order valence-corrected chi connectivity index (χ1v) is 9.00. The number of aliphatic hydroxyl groups excluding tert-OH is 2. The zero-order valence-electron chi connectivity index (χ0n) is 13.6. The van der Waals surface area contributed by atoms with Gasteiger partial charge in [0.1, 0.15) is 17.4 Å². The highest BCUT2D eigenvalue weighted by Crippen LogP contribution is 2.37. The molecule has 1 aliphatic rings. The molecule has 0 aliphatic heterocycles. The fraction of sp³-hybridized carbons (Fsp3) is 0.529. The topological polar surface area (TPSA) is 71.2 Å². The minimum Gasteiger partial charge on any atom is -0.400 e. The maximum Gasteiger partial charge on any atom is 0.138 e. The van der Waals surface area contributed by atoms with E-state index in [4.69, 9.17) is 5.11 Å². The van der Waals surface area contributed by atoms with Gasteiger partial charge in [-0.25, -0.2) is 4.98 Å². The largest absolute Gasteiger partial charge is 0.400 e. The zero-order valence-corrected chi connectivity index (χ0v) is 14.4. The first-order chi connectivity index (χ1) is 11.3. The van der Waals surface area contributed by atoms with E-state index in [1.165, 1.54) is 36.8 Å². The number of rotatable bonds is 2. The Morgan fingerprint density at radius 1 is 1.22 bits per heavy atom. The maximum atomic E-state index is 10.2. The van der Waals surface area contributed by atoms with Gasteiger partial charge in [-0.15, -0.1) is 11.3 Å². The van der Waals surface area contributed by atoms with Crippen molar-refractivity contribution in [1.82, 2.24) is 14.5 Å². The Hall–Kier alpha value is -1.50. The molecule has 3 aromatic rings. The lowest BCUT2D eigenvalue weighted by Gasteiger charge is -2.26. The molecular weight excluding hydrogens is 310 g/mol. The summed E-state index contributed by atoms with van der Waals surface area (Å²) in [4.78, 5) is 9.16. The van der Waals surface area contributed by atoms with Gasteiger partial charge < -0.3 is 14.8 Å². The van der Waals surface area contributed by atoms with Crippen molar-refractivity contribution in [2.24, 2.45) is 0 Å². The number of nitrogens with zero attached hydrogens (tertiary/aromatic N) is 3. The van der Waals surface area contributed by atoms with Crippen LogP contribution in [-0.2, 0) is 0 Å². The number of pyridine rings is 1. The second-order valence-electron chi connectivity index (χ2n) is 5.93. The summed E-state index contributed by atoms with van der Waals surface area (Å²) in [7, 11) is 1.00. The van der Waals surface area contributed by atoms with E-state index >= 15 is 0 Å². The van der Waals surface area contributed by atoms with Gasteiger partial charge in [0.05, 0.1) is 21.9 Å². The molecule has 0 aromatic carbocycles. The van der Waals surface area contributed by atoms with E-state index in [-0.39, 0.29) is 0 Å². The molecule has 1 saturated carbocycles. The van der Waals surface area contributed by atoms with Gasteiger partial charge in [0, 0.05) is 13.2 Å².